The Morgan fingerprint density at radius 2 is 2.26 bits per heavy atom. The van der Waals surface area contributed by atoms with Crippen LogP contribution in [0.2, 0.25) is 0 Å². The summed E-state index contributed by atoms with van der Waals surface area (Å²) in [5.41, 5.74) is 1.38. The predicted octanol–water partition coefficient (Wildman–Crippen LogP) is 1.61. The summed E-state index contributed by atoms with van der Waals surface area (Å²) in [6.07, 6.45) is 2.30. The maximum Gasteiger partial charge on any atom is 0.291 e. The summed E-state index contributed by atoms with van der Waals surface area (Å²) in [6, 6.07) is 5.02. The molecule has 0 saturated carbocycles. The molecule has 1 aliphatic heterocycles. The van der Waals surface area contributed by atoms with Crippen LogP contribution >= 0.6 is 0 Å². The number of aromatic nitrogens is 1. The second kappa shape index (κ2) is 4.57. The fourth-order valence-corrected chi connectivity index (χ4v) is 2.58. The summed E-state index contributed by atoms with van der Waals surface area (Å²) in [6.45, 7) is 2.68. The minimum Gasteiger partial charge on any atom is -0.375 e. The number of piperidine rings is 1. The summed E-state index contributed by atoms with van der Waals surface area (Å²) in [7, 11) is 0. The molecule has 0 radical (unpaired) electrons. The van der Waals surface area contributed by atoms with Crippen LogP contribution in [0.3, 0.4) is 0 Å². The minimum atomic E-state index is -0.515. The molecule has 1 N–H and O–H groups in total. The molecule has 2 aromatic rings. The molecular formula is C14H16N2O3. The number of nitrogens with zero attached hydrogens (tertiary/aromatic N) is 1. The number of carbonyl (C=O) groups excluding carboxylic acids is 1. The number of aryl methyl sites for hydroxylation is 1. The van der Waals surface area contributed by atoms with Crippen molar-refractivity contribution in [1.29, 1.82) is 0 Å². The van der Waals surface area contributed by atoms with Gasteiger partial charge in [0.1, 0.15) is 6.04 Å². The van der Waals surface area contributed by atoms with Gasteiger partial charge in [-0.25, -0.2) is 0 Å². The lowest BCUT2D eigenvalue weighted by Crippen LogP contribution is -2.40. The predicted molar refractivity (Wildman–Crippen MR) is 71.1 cm³/mol. The normalized spacial score (nSPS) is 19.6. The van der Waals surface area contributed by atoms with E-state index in [1.54, 1.807) is 6.07 Å². The third-order valence-corrected chi connectivity index (χ3v) is 3.64. The number of hydrogen-bond acceptors (Lipinski definition) is 3. The Morgan fingerprint density at radius 1 is 1.42 bits per heavy atom. The highest BCUT2D eigenvalue weighted by atomic mass is 16.5. The van der Waals surface area contributed by atoms with E-state index >= 15 is 0 Å². The van der Waals surface area contributed by atoms with Gasteiger partial charge in [-0.3, -0.25) is 9.59 Å². The van der Waals surface area contributed by atoms with E-state index in [9.17, 15) is 9.59 Å². The van der Waals surface area contributed by atoms with Crippen LogP contribution in [0, 0.1) is 0 Å². The van der Waals surface area contributed by atoms with Crippen molar-refractivity contribution in [3.63, 3.8) is 0 Å². The van der Waals surface area contributed by atoms with Crippen molar-refractivity contribution in [2.75, 3.05) is 6.54 Å². The van der Waals surface area contributed by atoms with Crippen LogP contribution in [0.4, 0.5) is 0 Å². The highest BCUT2D eigenvalue weighted by Gasteiger charge is 2.28. The van der Waals surface area contributed by atoms with E-state index in [4.69, 9.17) is 4.52 Å². The number of para-hydroxylation sites is 1. The largest absolute Gasteiger partial charge is 0.375 e. The maximum absolute atomic E-state index is 12.3. The van der Waals surface area contributed by atoms with Crippen LogP contribution in [0.5, 0.6) is 0 Å². The first-order chi connectivity index (χ1) is 9.22. The van der Waals surface area contributed by atoms with Crippen molar-refractivity contribution in [3.8, 4) is 0 Å². The Hall–Kier alpha value is -2.04. The number of amides is 1. The fourth-order valence-electron chi connectivity index (χ4n) is 2.58. The number of benzene rings is 1. The molecule has 100 valence electrons. The number of nitrogens with one attached hydrogen (secondary N) is 1. The molecule has 19 heavy (non-hydrogen) atoms. The SMILES string of the molecule is CCc1cccc2c(=O)n(C3CCCNC3=O)oc12. The van der Waals surface area contributed by atoms with Crippen LogP contribution in [-0.2, 0) is 11.2 Å². The molecule has 0 bridgehead atoms. The van der Waals surface area contributed by atoms with E-state index in [2.05, 4.69) is 5.32 Å². The van der Waals surface area contributed by atoms with Crippen molar-refractivity contribution in [3.05, 3.63) is 34.1 Å². The third kappa shape index (κ3) is 1.85. The van der Waals surface area contributed by atoms with Crippen molar-refractivity contribution >= 4 is 16.9 Å². The van der Waals surface area contributed by atoms with Gasteiger partial charge in [-0.05, 0) is 30.9 Å². The van der Waals surface area contributed by atoms with Gasteiger partial charge in [-0.1, -0.05) is 19.1 Å². The number of fused-ring (bicyclic) bond motifs is 1. The number of rotatable bonds is 2. The van der Waals surface area contributed by atoms with E-state index in [1.807, 2.05) is 19.1 Å². The van der Waals surface area contributed by atoms with Gasteiger partial charge in [0.25, 0.3) is 5.56 Å². The lowest BCUT2D eigenvalue weighted by molar-refractivity contribution is -0.127. The zero-order valence-electron chi connectivity index (χ0n) is 10.8. The average Bonchev–Trinajstić information content (AvgIpc) is 2.77. The Bertz CT molecular complexity index is 684. The van der Waals surface area contributed by atoms with Gasteiger partial charge in [0.2, 0.25) is 5.91 Å². The van der Waals surface area contributed by atoms with E-state index in [0.29, 0.717) is 23.9 Å². The Balaban J connectivity index is 2.17. The molecule has 3 rings (SSSR count). The van der Waals surface area contributed by atoms with Gasteiger partial charge in [0.15, 0.2) is 5.58 Å². The van der Waals surface area contributed by atoms with E-state index in [0.717, 1.165) is 18.4 Å². The van der Waals surface area contributed by atoms with Crippen LogP contribution in [0.15, 0.2) is 27.5 Å². The molecule has 1 amide bonds. The zero-order chi connectivity index (χ0) is 13.4. The van der Waals surface area contributed by atoms with Gasteiger partial charge in [0.05, 0.1) is 5.39 Å². The molecule has 1 aromatic heterocycles. The first kappa shape index (κ1) is 12.0. The highest BCUT2D eigenvalue weighted by molar-refractivity contribution is 5.83. The monoisotopic (exact) mass is 260 g/mol. The quantitative estimate of drug-likeness (QED) is 0.892. The minimum absolute atomic E-state index is 0.134. The molecule has 1 unspecified atom stereocenters. The molecule has 0 aliphatic carbocycles. The van der Waals surface area contributed by atoms with E-state index in [-0.39, 0.29) is 11.5 Å². The second-order valence-corrected chi connectivity index (χ2v) is 4.82. The third-order valence-electron chi connectivity index (χ3n) is 3.64. The van der Waals surface area contributed by atoms with Gasteiger partial charge in [-0.2, -0.15) is 4.74 Å². The van der Waals surface area contributed by atoms with Crippen LogP contribution in [0.25, 0.3) is 11.0 Å². The summed E-state index contributed by atoms with van der Waals surface area (Å²) >= 11 is 0. The summed E-state index contributed by atoms with van der Waals surface area (Å²) in [5, 5.41) is 3.33. The lowest BCUT2D eigenvalue weighted by atomic mass is 10.1. The molecule has 2 heterocycles. The smallest absolute Gasteiger partial charge is 0.291 e. The topological polar surface area (TPSA) is 64.2 Å². The molecule has 1 saturated heterocycles. The van der Waals surface area contributed by atoms with Gasteiger partial charge >= 0.3 is 0 Å². The standard InChI is InChI=1S/C14H16N2O3/c1-2-9-5-3-6-10-12(9)19-16(14(10)18)11-7-4-8-15-13(11)17/h3,5-6,11H,2,4,7-8H2,1H3,(H,15,17). The summed E-state index contributed by atoms with van der Waals surface area (Å²) in [4.78, 5) is 24.2. The van der Waals surface area contributed by atoms with Gasteiger partial charge < -0.3 is 9.84 Å². The van der Waals surface area contributed by atoms with Crippen molar-refractivity contribution < 1.29 is 9.32 Å². The highest BCUT2D eigenvalue weighted by Crippen LogP contribution is 2.22. The summed E-state index contributed by atoms with van der Waals surface area (Å²) < 4.78 is 6.91. The van der Waals surface area contributed by atoms with Crippen molar-refractivity contribution in [2.24, 2.45) is 0 Å². The lowest BCUT2D eigenvalue weighted by Gasteiger charge is -2.20. The molecule has 1 atom stereocenters. The number of carbonyl (C=O) groups is 1. The molecule has 1 fully saturated rings. The van der Waals surface area contributed by atoms with E-state index < -0.39 is 6.04 Å². The second-order valence-electron chi connectivity index (χ2n) is 4.82. The molecule has 1 aliphatic rings. The average molecular weight is 260 g/mol. The van der Waals surface area contributed by atoms with Crippen LogP contribution < -0.4 is 10.9 Å². The molecule has 5 heteroatoms. The fraction of sp³-hybridized carbons (Fsp3) is 0.429. The van der Waals surface area contributed by atoms with Crippen molar-refractivity contribution in [1.82, 2.24) is 10.1 Å². The number of hydrogen-bond donors (Lipinski definition) is 1. The first-order valence-corrected chi connectivity index (χ1v) is 6.63. The Labute approximate surface area is 110 Å². The molecule has 1 aromatic carbocycles. The Morgan fingerprint density at radius 3 is 3.00 bits per heavy atom. The van der Waals surface area contributed by atoms with Gasteiger partial charge in [0, 0.05) is 6.54 Å². The van der Waals surface area contributed by atoms with Crippen LogP contribution in [0.1, 0.15) is 31.4 Å². The van der Waals surface area contributed by atoms with E-state index in [1.165, 1.54) is 4.74 Å². The zero-order valence-corrected chi connectivity index (χ0v) is 10.8. The molecular weight excluding hydrogens is 244 g/mol. The van der Waals surface area contributed by atoms with Crippen molar-refractivity contribution in [2.45, 2.75) is 32.2 Å². The van der Waals surface area contributed by atoms with Crippen LogP contribution in [-0.4, -0.2) is 17.2 Å². The summed E-state index contributed by atoms with van der Waals surface area (Å²) in [5.74, 6) is -0.134. The Kier molecular flexibility index (Phi) is 2.89. The molecule has 0 spiro atoms. The van der Waals surface area contributed by atoms with Gasteiger partial charge in [-0.15, -0.1) is 0 Å². The molecule has 5 nitrogen and oxygen atoms in total. The maximum atomic E-state index is 12.3. The first-order valence-electron chi connectivity index (χ1n) is 6.63.